The molecule has 3 N–H and O–H groups in total. The van der Waals surface area contributed by atoms with E-state index in [2.05, 4.69) is 20.7 Å². The summed E-state index contributed by atoms with van der Waals surface area (Å²) in [4.78, 5) is -0.193. The molecular weight excluding hydrogens is 347 g/mol. The maximum absolute atomic E-state index is 13.2. The number of nitrogens with two attached hydrogens (primary N) is 1. The van der Waals surface area contributed by atoms with Crippen molar-refractivity contribution in [2.75, 3.05) is 5.73 Å². The van der Waals surface area contributed by atoms with Gasteiger partial charge in [0.2, 0.25) is 10.0 Å². The summed E-state index contributed by atoms with van der Waals surface area (Å²) in [5.74, 6) is -0.689. The van der Waals surface area contributed by atoms with Crippen molar-refractivity contribution in [1.29, 1.82) is 0 Å². The van der Waals surface area contributed by atoms with Crippen LogP contribution in [0.25, 0.3) is 0 Å². The van der Waals surface area contributed by atoms with Crippen molar-refractivity contribution in [3.05, 3.63) is 58.3 Å². The summed E-state index contributed by atoms with van der Waals surface area (Å²) < 4.78 is 40.6. The van der Waals surface area contributed by atoms with Crippen LogP contribution in [-0.2, 0) is 16.6 Å². The largest absolute Gasteiger partial charge is 0.399 e. The van der Waals surface area contributed by atoms with Gasteiger partial charge in [0.1, 0.15) is 5.82 Å². The molecule has 0 saturated carbocycles. The molecule has 0 aliphatic rings. The van der Waals surface area contributed by atoms with Crippen LogP contribution in [0.5, 0.6) is 0 Å². The SMILES string of the molecule is Nc1cc(F)cc(S(=O)(=O)NCc2ccccc2Br)c1. The number of hydrogen-bond acceptors (Lipinski definition) is 3. The second-order valence-electron chi connectivity index (χ2n) is 4.14. The average molecular weight is 359 g/mol. The smallest absolute Gasteiger partial charge is 0.241 e. The second kappa shape index (κ2) is 5.90. The van der Waals surface area contributed by atoms with Crippen LogP contribution in [0.15, 0.2) is 51.8 Å². The molecule has 2 aromatic rings. The number of nitrogens with one attached hydrogen (secondary N) is 1. The van der Waals surface area contributed by atoms with E-state index < -0.39 is 15.8 Å². The fourth-order valence-corrected chi connectivity index (χ4v) is 3.13. The van der Waals surface area contributed by atoms with E-state index in [9.17, 15) is 12.8 Å². The number of anilines is 1. The lowest BCUT2D eigenvalue weighted by Crippen LogP contribution is -2.23. The Labute approximate surface area is 125 Å². The Morgan fingerprint density at radius 1 is 1.20 bits per heavy atom. The van der Waals surface area contributed by atoms with Gasteiger partial charge in [-0.2, -0.15) is 0 Å². The minimum absolute atomic E-state index is 0.0614. The predicted molar refractivity (Wildman–Crippen MR) is 79.0 cm³/mol. The molecule has 20 heavy (non-hydrogen) atoms. The van der Waals surface area contributed by atoms with Crippen molar-refractivity contribution in [3.8, 4) is 0 Å². The number of rotatable bonds is 4. The monoisotopic (exact) mass is 358 g/mol. The minimum atomic E-state index is -3.81. The van der Waals surface area contributed by atoms with E-state index in [0.29, 0.717) is 0 Å². The molecule has 7 heteroatoms. The Morgan fingerprint density at radius 3 is 2.55 bits per heavy atom. The molecule has 0 aliphatic heterocycles. The van der Waals surface area contributed by atoms with Gasteiger partial charge in [-0.25, -0.2) is 17.5 Å². The van der Waals surface area contributed by atoms with Gasteiger partial charge in [0, 0.05) is 16.7 Å². The molecule has 106 valence electrons. The summed E-state index contributed by atoms with van der Waals surface area (Å²) in [6.45, 7) is 0.0974. The van der Waals surface area contributed by atoms with E-state index in [1.807, 2.05) is 12.1 Å². The van der Waals surface area contributed by atoms with Gasteiger partial charge in [-0.15, -0.1) is 0 Å². The fourth-order valence-electron chi connectivity index (χ4n) is 1.64. The lowest BCUT2D eigenvalue weighted by atomic mass is 10.2. The molecule has 0 heterocycles. The van der Waals surface area contributed by atoms with Gasteiger partial charge in [-0.1, -0.05) is 34.1 Å². The van der Waals surface area contributed by atoms with Crippen LogP contribution < -0.4 is 10.5 Å². The molecule has 0 radical (unpaired) electrons. The Hall–Kier alpha value is -1.44. The van der Waals surface area contributed by atoms with E-state index in [1.165, 1.54) is 6.07 Å². The first kappa shape index (κ1) is 15.0. The maximum Gasteiger partial charge on any atom is 0.241 e. The first-order chi connectivity index (χ1) is 9.38. The second-order valence-corrected chi connectivity index (χ2v) is 6.76. The fraction of sp³-hybridized carbons (Fsp3) is 0.0769. The molecule has 0 amide bonds. The third-order valence-electron chi connectivity index (χ3n) is 2.61. The Balaban J connectivity index is 2.22. The van der Waals surface area contributed by atoms with Gasteiger partial charge < -0.3 is 5.73 Å². The van der Waals surface area contributed by atoms with E-state index >= 15 is 0 Å². The van der Waals surface area contributed by atoms with Gasteiger partial charge in [0.25, 0.3) is 0 Å². The van der Waals surface area contributed by atoms with Crippen LogP contribution in [0.2, 0.25) is 0 Å². The zero-order chi connectivity index (χ0) is 14.8. The van der Waals surface area contributed by atoms with Crippen LogP contribution in [-0.4, -0.2) is 8.42 Å². The minimum Gasteiger partial charge on any atom is -0.399 e. The molecule has 0 saturated heterocycles. The highest BCUT2D eigenvalue weighted by molar-refractivity contribution is 9.10. The Bertz CT molecular complexity index is 715. The van der Waals surface area contributed by atoms with Crippen molar-refractivity contribution in [2.24, 2.45) is 0 Å². The van der Waals surface area contributed by atoms with E-state index in [-0.39, 0.29) is 17.1 Å². The zero-order valence-electron chi connectivity index (χ0n) is 10.3. The summed E-state index contributed by atoms with van der Waals surface area (Å²) in [5, 5.41) is 0. The lowest BCUT2D eigenvalue weighted by Gasteiger charge is -2.09. The Morgan fingerprint density at radius 2 is 1.90 bits per heavy atom. The molecule has 4 nitrogen and oxygen atoms in total. The summed E-state index contributed by atoms with van der Waals surface area (Å²) in [5.41, 5.74) is 6.29. The van der Waals surface area contributed by atoms with Crippen LogP contribution in [0.1, 0.15) is 5.56 Å². The molecule has 2 rings (SSSR count). The van der Waals surface area contributed by atoms with Gasteiger partial charge in [0.05, 0.1) is 4.90 Å². The highest BCUT2D eigenvalue weighted by Crippen LogP contribution is 2.18. The lowest BCUT2D eigenvalue weighted by molar-refractivity contribution is 0.577. The average Bonchev–Trinajstić information content (AvgIpc) is 2.37. The summed E-state index contributed by atoms with van der Waals surface area (Å²) in [7, 11) is -3.81. The van der Waals surface area contributed by atoms with Crippen LogP contribution >= 0.6 is 15.9 Å². The molecular formula is C13H12BrFN2O2S. The summed E-state index contributed by atoms with van der Waals surface area (Å²) >= 11 is 3.33. The van der Waals surface area contributed by atoms with Gasteiger partial charge in [0.15, 0.2) is 0 Å². The summed E-state index contributed by atoms with van der Waals surface area (Å²) in [6, 6.07) is 10.4. The number of hydrogen-bond donors (Lipinski definition) is 2. The van der Waals surface area contributed by atoms with Crippen LogP contribution in [0, 0.1) is 5.82 Å². The quantitative estimate of drug-likeness (QED) is 0.825. The highest BCUT2D eigenvalue weighted by atomic mass is 79.9. The molecule has 0 aliphatic carbocycles. The molecule has 0 aromatic heterocycles. The number of sulfonamides is 1. The molecule has 0 fully saturated rings. The normalized spacial score (nSPS) is 11.5. The van der Waals surface area contributed by atoms with E-state index in [0.717, 1.165) is 22.2 Å². The van der Waals surface area contributed by atoms with Crippen molar-refractivity contribution in [2.45, 2.75) is 11.4 Å². The molecule has 0 atom stereocenters. The van der Waals surface area contributed by atoms with Crippen molar-refractivity contribution >= 4 is 31.6 Å². The third kappa shape index (κ3) is 3.56. The van der Waals surface area contributed by atoms with Crippen LogP contribution in [0.4, 0.5) is 10.1 Å². The molecule has 0 unspecified atom stereocenters. The maximum atomic E-state index is 13.2. The molecule has 0 spiro atoms. The molecule has 2 aromatic carbocycles. The third-order valence-corrected chi connectivity index (χ3v) is 4.77. The van der Waals surface area contributed by atoms with Crippen molar-refractivity contribution < 1.29 is 12.8 Å². The first-order valence-electron chi connectivity index (χ1n) is 5.67. The van der Waals surface area contributed by atoms with Crippen molar-refractivity contribution in [1.82, 2.24) is 4.72 Å². The van der Waals surface area contributed by atoms with Gasteiger partial charge >= 0.3 is 0 Å². The first-order valence-corrected chi connectivity index (χ1v) is 7.95. The van der Waals surface area contributed by atoms with Gasteiger partial charge in [-0.05, 0) is 29.8 Å². The van der Waals surface area contributed by atoms with Gasteiger partial charge in [-0.3, -0.25) is 0 Å². The van der Waals surface area contributed by atoms with E-state index in [4.69, 9.17) is 5.73 Å². The molecule has 0 bridgehead atoms. The highest BCUT2D eigenvalue weighted by Gasteiger charge is 2.16. The van der Waals surface area contributed by atoms with Crippen LogP contribution in [0.3, 0.4) is 0 Å². The Kier molecular flexibility index (Phi) is 4.42. The topological polar surface area (TPSA) is 72.2 Å². The number of nitrogen functional groups attached to an aromatic ring is 1. The standard InChI is InChI=1S/C13H12BrFN2O2S/c14-13-4-2-1-3-9(13)8-17-20(18,19)12-6-10(15)5-11(16)7-12/h1-7,17H,8,16H2. The zero-order valence-corrected chi connectivity index (χ0v) is 12.7. The number of benzene rings is 2. The predicted octanol–water partition coefficient (Wildman–Crippen LogP) is 2.65. The summed E-state index contributed by atoms with van der Waals surface area (Å²) in [6.07, 6.45) is 0. The number of halogens is 2. The van der Waals surface area contributed by atoms with E-state index in [1.54, 1.807) is 12.1 Å². The van der Waals surface area contributed by atoms with Crippen molar-refractivity contribution in [3.63, 3.8) is 0 Å².